The Hall–Kier alpha value is -1.22. The van der Waals surface area contributed by atoms with Crippen LogP contribution in [0.1, 0.15) is 11.3 Å². The molecule has 1 heterocycles. The van der Waals surface area contributed by atoms with Crippen LogP contribution in [0.15, 0.2) is 53.6 Å². The quantitative estimate of drug-likeness (QED) is 0.533. The Kier molecular flexibility index (Phi) is 4.39. The molecule has 106 valence electrons. The number of rotatable bonds is 3. The van der Waals surface area contributed by atoms with Crippen molar-refractivity contribution in [1.29, 1.82) is 0 Å². The van der Waals surface area contributed by atoms with E-state index in [1.807, 2.05) is 49.4 Å². The highest BCUT2D eigenvalue weighted by atomic mass is 35.5. The molecular weight excluding hydrogens is 321 g/mol. The Morgan fingerprint density at radius 3 is 2.33 bits per heavy atom. The normalized spacial score (nSPS) is 11.0. The third-order valence-electron chi connectivity index (χ3n) is 3.27. The van der Waals surface area contributed by atoms with Crippen molar-refractivity contribution in [1.82, 2.24) is 4.98 Å². The third-order valence-corrected chi connectivity index (χ3v) is 5.06. The molecule has 0 atom stereocenters. The molecule has 0 saturated carbocycles. The average molecular weight is 334 g/mol. The van der Waals surface area contributed by atoms with Crippen LogP contribution >= 0.6 is 35.0 Å². The maximum Gasteiger partial charge on any atom is 0.105 e. The van der Waals surface area contributed by atoms with Gasteiger partial charge in [0, 0.05) is 21.5 Å². The smallest absolute Gasteiger partial charge is 0.105 e. The van der Waals surface area contributed by atoms with E-state index in [4.69, 9.17) is 23.2 Å². The van der Waals surface area contributed by atoms with Gasteiger partial charge in [-0.1, -0.05) is 59.6 Å². The summed E-state index contributed by atoms with van der Waals surface area (Å²) in [5.41, 5.74) is 2.09. The molecule has 4 heteroatoms. The van der Waals surface area contributed by atoms with Gasteiger partial charge in [-0.15, -0.1) is 11.8 Å². The van der Waals surface area contributed by atoms with E-state index in [-0.39, 0.29) is 0 Å². The third kappa shape index (κ3) is 3.18. The Bertz CT molecular complexity index is 785. The first-order valence-electron chi connectivity index (χ1n) is 6.57. The van der Waals surface area contributed by atoms with E-state index in [1.54, 1.807) is 11.8 Å². The summed E-state index contributed by atoms with van der Waals surface area (Å²) in [7, 11) is 0. The van der Waals surface area contributed by atoms with Crippen molar-refractivity contribution in [3.8, 4) is 0 Å². The van der Waals surface area contributed by atoms with Crippen LogP contribution in [0.3, 0.4) is 0 Å². The lowest BCUT2D eigenvalue weighted by Crippen LogP contribution is -1.91. The second kappa shape index (κ2) is 6.27. The number of benzene rings is 2. The molecule has 0 aliphatic carbocycles. The van der Waals surface area contributed by atoms with Crippen molar-refractivity contribution >= 4 is 45.7 Å². The number of aromatic nitrogens is 1. The number of nitrogens with zero attached hydrogens (tertiary/aromatic N) is 1. The largest absolute Gasteiger partial charge is 0.245 e. The van der Waals surface area contributed by atoms with Crippen LogP contribution in [-0.2, 0) is 5.75 Å². The van der Waals surface area contributed by atoms with Crippen LogP contribution in [0, 0.1) is 6.92 Å². The molecule has 0 fully saturated rings. The van der Waals surface area contributed by atoms with Crippen molar-refractivity contribution < 1.29 is 0 Å². The molecule has 1 nitrogen and oxygen atoms in total. The predicted octanol–water partition coefficient (Wildman–Crippen LogP) is 6.14. The van der Waals surface area contributed by atoms with Gasteiger partial charge in [-0.25, -0.2) is 4.98 Å². The minimum absolute atomic E-state index is 0.737. The fourth-order valence-corrected chi connectivity index (χ4v) is 3.52. The lowest BCUT2D eigenvalue weighted by atomic mass is 10.1. The first-order chi connectivity index (χ1) is 10.1. The van der Waals surface area contributed by atoms with Crippen LogP contribution in [0.5, 0.6) is 0 Å². The van der Waals surface area contributed by atoms with Gasteiger partial charge in [0.25, 0.3) is 0 Å². The Labute approximate surface area is 138 Å². The second-order valence-corrected chi connectivity index (χ2v) is 6.56. The number of hydrogen-bond donors (Lipinski definition) is 0. The highest BCUT2D eigenvalue weighted by Gasteiger charge is 2.10. The Morgan fingerprint density at radius 1 is 0.952 bits per heavy atom. The number of fused-ring (bicyclic) bond motifs is 1. The lowest BCUT2D eigenvalue weighted by Gasteiger charge is -2.09. The molecule has 0 spiro atoms. The molecular formula is C17H13Cl2NS. The van der Waals surface area contributed by atoms with Gasteiger partial charge in [-0.3, -0.25) is 0 Å². The van der Waals surface area contributed by atoms with Gasteiger partial charge in [0.1, 0.15) is 5.03 Å². The van der Waals surface area contributed by atoms with Gasteiger partial charge in [-0.05, 0) is 24.6 Å². The topological polar surface area (TPSA) is 12.9 Å². The van der Waals surface area contributed by atoms with Crippen molar-refractivity contribution in [3.05, 3.63) is 69.8 Å². The summed E-state index contributed by atoms with van der Waals surface area (Å²) in [5.74, 6) is 0.856. The maximum absolute atomic E-state index is 6.35. The Morgan fingerprint density at radius 2 is 1.62 bits per heavy atom. The van der Waals surface area contributed by atoms with Crippen molar-refractivity contribution in [2.24, 2.45) is 0 Å². The number of pyridine rings is 1. The molecule has 0 radical (unpaired) electrons. The summed E-state index contributed by atoms with van der Waals surface area (Å²) in [5, 5.41) is 4.68. The van der Waals surface area contributed by atoms with Crippen LogP contribution < -0.4 is 0 Å². The fourth-order valence-electron chi connectivity index (χ4n) is 2.16. The minimum atomic E-state index is 0.737. The summed E-state index contributed by atoms with van der Waals surface area (Å²) in [4.78, 5) is 4.64. The van der Waals surface area contributed by atoms with Gasteiger partial charge < -0.3 is 0 Å². The first-order valence-corrected chi connectivity index (χ1v) is 8.31. The molecule has 0 aliphatic rings. The monoisotopic (exact) mass is 333 g/mol. The summed E-state index contributed by atoms with van der Waals surface area (Å²) in [6.07, 6.45) is 0. The molecule has 0 unspecified atom stereocenters. The van der Waals surface area contributed by atoms with Crippen LogP contribution in [0.25, 0.3) is 10.8 Å². The standard InChI is InChI=1S/C17H13Cl2NS/c1-11-16(19)14-4-2-3-5-15(14)17(20-11)21-10-12-6-8-13(18)9-7-12/h2-9H,10H2,1H3. The van der Waals surface area contributed by atoms with E-state index in [1.165, 1.54) is 5.56 Å². The van der Waals surface area contributed by atoms with Gasteiger partial charge in [-0.2, -0.15) is 0 Å². The maximum atomic E-state index is 6.35. The highest BCUT2D eigenvalue weighted by Crippen LogP contribution is 2.34. The summed E-state index contributed by atoms with van der Waals surface area (Å²) in [6.45, 7) is 1.95. The van der Waals surface area contributed by atoms with Gasteiger partial charge >= 0.3 is 0 Å². The van der Waals surface area contributed by atoms with Gasteiger partial charge in [0.15, 0.2) is 0 Å². The predicted molar refractivity (Wildman–Crippen MR) is 92.5 cm³/mol. The molecule has 1 aromatic heterocycles. The van der Waals surface area contributed by atoms with E-state index in [2.05, 4.69) is 11.1 Å². The molecule has 3 rings (SSSR count). The summed E-state index contributed by atoms with van der Waals surface area (Å²) in [6, 6.07) is 16.0. The molecule has 0 N–H and O–H groups in total. The minimum Gasteiger partial charge on any atom is -0.245 e. The molecule has 0 bridgehead atoms. The number of thioether (sulfide) groups is 1. The SMILES string of the molecule is Cc1nc(SCc2ccc(Cl)cc2)c2ccccc2c1Cl. The molecule has 2 aromatic carbocycles. The molecule has 0 amide bonds. The number of aryl methyl sites for hydroxylation is 1. The second-order valence-electron chi connectivity index (χ2n) is 4.78. The fraction of sp³-hybridized carbons (Fsp3) is 0.118. The van der Waals surface area contributed by atoms with E-state index < -0.39 is 0 Å². The highest BCUT2D eigenvalue weighted by molar-refractivity contribution is 7.98. The van der Waals surface area contributed by atoms with Crippen molar-refractivity contribution in [2.45, 2.75) is 17.7 Å². The van der Waals surface area contributed by atoms with Gasteiger partial charge in [0.05, 0.1) is 10.7 Å². The van der Waals surface area contributed by atoms with Crippen LogP contribution in [0.2, 0.25) is 10.0 Å². The van der Waals surface area contributed by atoms with Crippen molar-refractivity contribution in [3.63, 3.8) is 0 Å². The van der Waals surface area contributed by atoms with E-state index >= 15 is 0 Å². The molecule has 3 aromatic rings. The molecule has 21 heavy (non-hydrogen) atoms. The van der Waals surface area contributed by atoms with Crippen LogP contribution in [0.4, 0.5) is 0 Å². The molecule has 0 saturated heterocycles. The molecule has 0 aliphatic heterocycles. The van der Waals surface area contributed by atoms with E-state index in [9.17, 15) is 0 Å². The number of halogens is 2. The summed E-state index contributed by atoms with van der Waals surface area (Å²) >= 11 is 14.0. The average Bonchev–Trinajstić information content (AvgIpc) is 2.51. The first kappa shape index (κ1) is 14.7. The van der Waals surface area contributed by atoms with Gasteiger partial charge in [0.2, 0.25) is 0 Å². The number of hydrogen-bond acceptors (Lipinski definition) is 2. The van der Waals surface area contributed by atoms with E-state index in [0.29, 0.717) is 0 Å². The van der Waals surface area contributed by atoms with Crippen LogP contribution in [-0.4, -0.2) is 4.98 Å². The zero-order valence-electron chi connectivity index (χ0n) is 11.4. The zero-order chi connectivity index (χ0) is 14.8. The summed E-state index contributed by atoms with van der Waals surface area (Å²) < 4.78 is 0. The zero-order valence-corrected chi connectivity index (χ0v) is 13.8. The lowest BCUT2D eigenvalue weighted by molar-refractivity contribution is 1.10. The van der Waals surface area contributed by atoms with E-state index in [0.717, 1.165) is 37.3 Å². The Balaban J connectivity index is 1.93. The van der Waals surface area contributed by atoms with Crippen molar-refractivity contribution in [2.75, 3.05) is 0 Å².